The highest BCUT2D eigenvalue weighted by Crippen LogP contribution is 2.18. The Morgan fingerprint density at radius 3 is 2.04 bits per heavy atom. The molecule has 0 heterocycles. The molecule has 1 unspecified atom stereocenters. The Balaban J connectivity index is 1.93. The monoisotopic (exact) mass is 340 g/mol. The van der Waals surface area contributed by atoms with E-state index in [1.807, 2.05) is 26.8 Å². The van der Waals surface area contributed by atoms with Gasteiger partial charge in [0.25, 0.3) is 11.8 Å². The van der Waals surface area contributed by atoms with Crippen LogP contribution >= 0.6 is 0 Å². The molecule has 0 fully saturated rings. The van der Waals surface area contributed by atoms with Crippen molar-refractivity contribution in [2.24, 2.45) is 5.41 Å². The molecular weight excluding hydrogens is 316 g/mol. The lowest BCUT2D eigenvalue weighted by Crippen LogP contribution is -2.39. The average Bonchev–Trinajstić information content (AvgIpc) is 2.60. The molecule has 0 radical (unpaired) electrons. The number of carbonyl (C=O) groups is 2. The first-order chi connectivity index (χ1) is 11.8. The minimum Gasteiger partial charge on any atom is -0.391 e. The number of aliphatic hydroxyl groups is 1. The van der Waals surface area contributed by atoms with Gasteiger partial charge in [0.1, 0.15) is 0 Å². The summed E-state index contributed by atoms with van der Waals surface area (Å²) in [5.74, 6) is -0.463. The number of hydrogen-bond donors (Lipinski definition) is 3. The molecule has 0 spiro atoms. The van der Waals surface area contributed by atoms with Gasteiger partial charge in [-0.1, -0.05) is 39.0 Å². The van der Waals surface area contributed by atoms with Gasteiger partial charge in [0.05, 0.1) is 6.10 Å². The van der Waals surface area contributed by atoms with Gasteiger partial charge < -0.3 is 15.7 Å². The van der Waals surface area contributed by atoms with Gasteiger partial charge in [-0.3, -0.25) is 9.59 Å². The van der Waals surface area contributed by atoms with Crippen LogP contribution in [-0.4, -0.2) is 29.6 Å². The lowest BCUT2D eigenvalue weighted by molar-refractivity contribution is 0.0587. The number of benzene rings is 2. The summed E-state index contributed by atoms with van der Waals surface area (Å²) in [6, 6.07) is 15.5. The standard InChI is InChI=1S/C20H24N2O3/c1-20(2,3)17(23)13-21-18(24)15-9-11-16(12-10-15)22-19(25)14-7-5-4-6-8-14/h4-12,17,23H,13H2,1-3H3,(H,21,24)(H,22,25). The first kappa shape index (κ1) is 18.7. The van der Waals surface area contributed by atoms with Crippen LogP contribution in [0.15, 0.2) is 54.6 Å². The molecule has 2 amide bonds. The van der Waals surface area contributed by atoms with Crippen LogP contribution in [0.2, 0.25) is 0 Å². The van der Waals surface area contributed by atoms with Gasteiger partial charge in [-0.25, -0.2) is 0 Å². The van der Waals surface area contributed by atoms with Crippen LogP contribution in [0.5, 0.6) is 0 Å². The maximum atomic E-state index is 12.1. The van der Waals surface area contributed by atoms with Gasteiger partial charge in [-0.2, -0.15) is 0 Å². The average molecular weight is 340 g/mol. The molecule has 0 saturated carbocycles. The summed E-state index contributed by atoms with van der Waals surface area (Å²) >= 11 is 0. The number of nitrogens with one attached hydrogen (secondary N) is 2. The zero-order valence-corrected chi connectivity index (χ0v) is 14.7. The number of carbonyl (C=O) groups excluding carboxylic acids is 2. The summed E-state index contributed by atoms with van der Waals surface area (Å²) in [5.41, 5.74) is 1.36. The van der Waals surface area contributed by atoms with Crippen molar-refractivity contribution >= 4 is 17.5 Å². The number of amides is 2. The maximum Gasteiger partial charge on any atom is 0.255 e. The molecule has 5 heteroatoms. The third-order valence-electron chi connectivity index (χ3n) is 3.90. The van der Waals surface area contributed by atoms with Crippen molar-refractivity contribution in [1.82, 2.24) is 5.32 Å². The largest absolute Gasteiger partial charge is 0.391 e. The number of hydrogen-bond acceptors (Lipinski definition) is 3. The van der Waals surface area contributed by atoms with Gasteiger partial charge in [0, 0.05) is 23.4 Å². The molecule has 5 nitrogen and oxygen atoms in total. The molecule has 2 aromatic carbocycles. The van der Waals surface area contributed by atoms with Crippen LogP contribution in [0.3, 0.4) is 0 Å². The van der Waals surface area contributed by atoms with E-state index in [1.54, 1.807) is 48.5 Å². The molecule has 3 N–H and O–H groups in total. The Labute approximate surface area is 148 Å². The van der Waals surface area contributed by atoms with Crippen molar-refractivity contribution in [3.05, 3.63) is 65.7 Å². The van der Waals surface area contributed by atoms with Gasteiger partial charge >= 0.3 is 0 Å². The number of aliphatic hydroxyl groups excluding tert-OH is 1. The van der Waals surface area contributed by atoms with Crippen molar-refractivity contribution in [2.75, 3.05) is 11.9 Å². The molecule has 25 heavy (non-hydrogen) atoms. The summed E-state index contributed by atoms with van der Waals surface area (Å²) in [6.45, 7) is 5.92. The van der Waals surface area contributed by atoms with E-state index in [9.17, 15) is 14.7 Å². The second-order valence-corrected chi connectivity index (χ2v) is 6.99. The Hall–Kier alpha value is -2.66. The summed E-state index contributed by atoms with van der Waals surface area (Å²) in [4.78, 5) is 24.2. The predicted molar refractivity (Wildman–Crippen MR) is 98.6 cm³/mol. The molecule has 0 saturated heterocycles. The lowest BCUT2D eigenvalue weighted by atomic mass is 9.89. The van der Waals surface area contributed by atoms with E-state index in [-0.39, 0.29) is 23.8 Å². The van der Waals surface area contributed by atoms with Crippen LogP contribution in [0, 0.1) is 5.41 Å². The maximum absolute atomic E-state index is 12.1. The zero-order chi connectivity index (χ0) is 18.4. The van der Waals surface area contributed by atoms with Crippen molar-refractivity contribution in [2.45, 2.75) is 26.9 Å². The van der Waals surface area contributed by atoms with E-state index in [2.05, 4.69) is 10.6 Å². The van der Waals surface area contributed by atoms with Gasteiger partial charge in [-0.15, -0.1) is 0 Å². The van der Waals surface area contributed by atoms with E-state index in [0.29, 0.717) is 16.8 Å². The minimum absolute atomic E-state index is 0.189. The quantitative estimate of drug-likeness (QED) is 0.783. The molecular formula is C20H24N2O3. The fourth-order valence-corrected chi connectivity index (χ4v) is 2.10. The number of anilines is 1. The normalized spacial score (nSPS) is 12.3. The second-order valence-electron chi connectivity index (χ2n) is 6.99. The van der Waals surface area contributed by atoms with Gasteiger partial charge in [-0.05, 0) is 41.8 Å². The highest BCUT2D eigenvalue weighted by molar-refractivity contribution is 6.04. The van der Waals surface area contributed by atoms with Crippen molar-refractivity contribution in [3.63, 3.8) is 0 Å². The topological polar surface area (TPSA) is 78.4 Å². The van der Waals surface area contributed by atoms with E-state index in [4.69, 9.17) is 0 Å². The van der Waals surface area contributed by atoms with E-state index < -0.39 is 6.10 Å². The fraction of sp³-hybridized carbons (Fsp3) is 0.300. The van der Waals surface area contributed by atoms with Gasteiger partial charge in [0.15, 0.2) is 0 Å². The predicted octanol–water partition coefficient (Wildman–Crippen LogP) is 3.08. The number of rotatable bonds is 5. The molecule has 132 valence electrons. The lowest BCUT2D eigenvalue weighted by Gasteiger charge is -2.25. The first-order valence-corrected chi connectivity index (χ1v) is 8.20. The Morgan fingerprint density at radius 1 is 0.920 bits per heavy atom. The van der Waals surface area contributed by atoms with Crippen LogP contribution in [0.1, 0.15) is 41.5 Å². The second kappa shape index (κ2) is 7.94. The molecule has 0 aliphatic rings. The SMILES string of the molecule is CC(C)(C)C(O)CNC(=O)c1ccc(NC(=O)c2ccccc2)cc1. The fourth-order valence-electron chi connectivity index (χ4n) is 2.10. The summed E-state index contributed by atoms with van der Waals surface area (Å²) in [7, 11) is 0. The molecule has 0 aromatic heterocycles. The molecule has 2 rings (SSSR count). The Morgan fingerprint density at radius 2 is 1.48 bits per heavy atom. The van der Waals surface area contributed by atoms with E-state index in [0.717, 1.165) is 0 Å². The third kappa shape index (κ3) is 5.43. The van der Waals surface area contributed by atoms with E-state index >= 15 is 0 Å². The summed E-state index contributed by atoms with van der Waals surface area (Å²) in [6.07, 6.45) is -0.624. The molecule has 0 aliphatic heterocycles. The minimum atomic E-state index is -0.624. The Kier molecular flexibility index (Phi) is 5.93. The van der Waals surface area contributed by atoms with E-state index in [1.165, 1.54) is 0 Å². The first-order valence-electron chi connectivity index (χ1n) is 8.20. The molecule has 0 bridgehead atoms. The summed E-state index contributed by atoms with van der Waals surface area (Å²) < 4.78 is 0. The van der Waals surface area contributed by atoms with Crippen LogP contribution < -0.4 is 10.6 Å². The third-order valence-corrected chi connectivity index (χ3v) is 3.90. The smallest absolute Gasteiger partial charge is 0.255 e. The summed E-state index contributed by atoms with van der Waals surface area (Å²) in [5, 5.41) is 15.5. The highest BCUT2D eigenvalue weighted by Gasteiger charge is 2.22. The molecule has 2 aromatic rings. The van der Waals surface area contributed by atoms with Crippen molar-refractivity contribution < 1.29 is 14.7 Å². The van der Waals surface area contributed by atoms with Crippen LogP contribution in [0.25, 0.3) is 0 Å². The van der Waals surface area contributed by atoms with Gasteiger partial charge in [0.2, 0.25) is 0 Å². The highest BCUT2D eigenvalue weighted by atomic mass is 16.3. The van der Waals surface area contributed by atoms with Crippen molar-refractivity contribution in [3.8, 4) is 0 Å². The van der Waals surface area contributed by atoms with Crippen LogP contribution in [-0.2, 0) is 0 Å². The molecule has 0 aliphatic carbocycles. The van der Waals surface area contributed by atoms with Crippen LogP contribution in [0.4, 0.5) is 5.69 Å². The Bertz CT molecular complexity index is 719. The molecule has 1 atom stereocenters. The zero-order valence-electron chi connectivity index (χ0n) is 14.7. The van der Waals surface area contributed by atoms with Crippen molar-refractivity contribution in [1.29, 1.82) is 0 Å².